The number of rotatable bonds is 0. The monoisotopic (exact) mass is 279 g/mol. The first kappa shape index (κ1) is 8.56. The fourth-order valence-electron chi connectivity index (χ4n) is 3.44. The van der Waals surface area contributed by atoms with E-state index in [4.69, 9.17) is 4.11 Å². The summed E-state index contributed by atoms with van der Waals surface area (Å²) >= 11 is 0. The molecule has 0 saturated carbocycles. The van der Waals surface area contributed by atoms with Crippen molar-refractivity contribution in [3.63, 3.8) is 0 Å². The lowest BCUT2D eigenvalue weighted by Crippen LogP contribution is -2.31. The van der Waals surface area contributed by atoms with Crippen molar-refractivity contribution in [1.82, 2.24) is 19.1 Å². The molecule has 0 saturated heterocycles. The van der Waals surface area contributed by atoms with Gasteiger partial charge in [-0.05, 0) is 18.2 Å². The molecule has 102 valence electrons. The molecule has 1 aliphatic heterocycles. The molecule has 5 heterocycles. The molecule has 5 nitrogen and oxygen atoms in total. The van der Waals surface area contributed by atoms with Gasteiger partial charge in [-0.15, -0.1) is 0 Å². The Morgan fingerprint density at radius 1 is 1.33 bits per heavy atom. The van der Waals surface area contributed by atoms with E-state index in [0.29, 0.717) is 18.0 Å². The van der Waals surface area contributed by atoms with E-state index in [2.05, 4.69) is 14.5 Å². The molecule has 0 fully saturated rings. The van der Waals surface area contributed by atoms with Crippen LogP contribution < -0.4 is 4.57 Å². The summed E-state index contributed by atoms with van der Waals surface area (Å²) in [5.74, 6) is 0.707. The van der Waals surface area contributed by atoms with Crippen molar-refractivity contribution in [3.05, 3.63) is 42.4 Å². The highest BCUT2D eigenvalue weighted by molar-refractivity contribution is 6.03. The van der Waals surface area contributed by atoms with E-state index in [1.54, 1.807) is 18.6 Å². The van der Waals surface area contributed by atoms with E-state index in [1.807, 2.05) is 29.8 Å². The average Bonchev–Trinajstić information content (AvgIpc) is 3.15. The van der Waals surface area contributed by atoms with Crippen LogP contribution in [0.25, 0.3) is 33.6 Å². The normalized spacial score (nSPS) is 15.8. The van der Waals surface area contributed by atoms with Crippen molar-refractivity contribution >= 4 is 22.2 Å². The minimum atomic E-state index is -2.29. The number of nitrogens with zero attached hydrogens (tertiary/aromatic N) is 5. The van der Waals surface area contributed by atoms with Crippen molar-refractivity contribution in [2.45, 2.75) is 6.54 Å². The third kappa shape index (κ3) is 1.15. The fraction of sp³-hybridized carbons (Fsp3) is 0.188. The van der Waals surface area contributed by atoms with Crippen molar-refractivity contribution in [2.75, 3.05) is 0 Å². The van der Waals surface area contributed by atoms with Gasteiger partial charge in [-0.25, -0.2) is 18.7 Å². The summed E-state index contributed by atoms with van der Waals surface area (Å²) in [6.45, 7) is -1.67. The molecule has 0 radical (unpaired) electrons. The lowest BCUT2D eigenvalue weighted by molar-refractivity contribution is -0.636. The maximum Gasteiger partial charge on any atom is 0.270 e. The molecule has 4 aromatic rings. The second kappa shape index (κ2) is 3.49. The van der Waals surface area contributed by atoms with Crippen LogP contribution in [-0.2, 0) is 20.6 Å². The van der Waals surface area contributed by atoms with E-state index < -0.39 is 6.98 Å². The smallest absolute Gasteiger partial charge is 0.264 e. The second-order valence-electron chi connectivity index (χ2n) is 5.38. The Morgan fingerprint density at radius 2 is 2.29 bits per heavy atom. The van der Waals surface area contributed by atoms with E-state index in [9.17, 15) is 0 Å². The SMILES string of the molecule is [2H]C([2H])([2H])[n+]1c2n(c3c4cccnc4n(C)c31)Cc1cnccc1-2. The maximum absolute atomic E-state index is 8.09. The van der Waals surface area contributed by atoms with E-state index in [1.165, 1.54) is 4.57 Å². The van der Waals surface area contributed by atoms with E-state index >= 15 is 0 Å². The third-order valence-corrected chi connectivity index (χ3v) is 4.31. The lowest BCUT2D eigenvalue weighted by atomic mass is 10.2. The summed E-state index contributed by atoms with van der Waals surface area (Å²) in [7, 11) is 1.86. The molecule has 4 aromatic heterocycles. The summed E-state index contributed by atoms with van der Waals surface area (Å²) in [4.78, 5) is 8.61. The Morgan fingerprint density at radius 3 is 3.19 bits per heavy atom. The van der Waals surface area contributed by atoms with Crippen LogP contribution in [0.3, 0.4) is 0 Å². The number of imidazole rings is 1. The molecule has 0 bridgehead atoms. The number of pyridine rings is 2. The highest BCUT2D eigenvalue weighted by Gasteiger charge is 2.34. The van der Waals surface area contributed by atoms with Crippen LogP contribution in [0, 0.1) is 0 Å². The zero-order valence-electron chi connectivity index (χ0n) is 14.4. The van der Waals surface area contributed by atoms with Gasteiger partial charge in [0.05, 0.1) is 35.6 Å². The van der Waals surface area contributed by atoms with Crippen molar-refractivity contribution in [1.29, 1.82) is 0 Å². The van der Waals surface area contributed by atoms with Gasteiger partial charge in [-0.3, -0.25) is 4.98 Å². The van der Waals surface area contributed by atoms with Crippen molar-refractivity contribution in [2.24, 2.45) is 14.0 Å². The Kier molecular flexibility index (Phi) is 1.42. The van der Waals surface area contributed by atoms with Crippen LogP contribution in [0.4, 0.5) is 0 Å². The van der Waals surface area contributed by atoms with Crippen molar-refractivity contribution in [3.8, 4) is 11.4 Å². The summed E-state index contributed by atoms with van der Waals surface area (Å²) in [6, 6.07) is 5.75. The number of aryl methyl sites for hydroxylation is 2. The van der Waals surface area contributed by atoms with Crippen LogP contribution in [0.1, 0.15) is 9.68 Å². The predicted octanol–water partition coefficient (Wildman–Crippen LogP) is 1.78. The standard InChI is InChI=1S/C16H14N5/c1-19-14-12(4-3-6-18-14)13-16(19)20(2)15-11-5-7-17-8-10(11)9-21(13)15/h3-8H,9H2,1-2H3/q+1/i2D3. The molecular weight excluding hydrogens is 262 g/mol. The minimum Gasteiger partial charge on any atom is -0.264 e. The highest BCUT2D eigenvalue weighted by Crippen LogP contribution is 2.35. The minimum absolute atomic E-state index is 0.617. The van der Waals surface area contributed by atoms with Gasteiger partial charge >= 0.3 is 0 Å². The summed E-state index contributed by atoms with van der Waals surface area (Å²) in [5.41, 5.74) is 4.32. The summed E-state index contributed by atoms with van der Waals surface area (Å²) < 4.78 is 29.6. The van der Waals surface area contributed by atoms with Crippen LogP contribution >= 0.6 is 0 Å². The largest absolute Gasteiger partial charge is 0.270 e. The molecule has 1 aliphatic rings. The highest BCUT2D eigenvalue weighted by atomic mass is 15.2. The number of hydrogen-bond donors (Lipinski definition) is 0. The first-order valence-corrected chi connectivity index (χ1v) is 6.80. The topological polar surface area (TPSA) is 39.5 Å². The van der Waals surface area contributed by atoms with Crippen LogP contribution in [0.2, 0.25) is 0 Å². The van der Waals surface area contributed by atoms with Crippen molar-refractivity contribution < 1.29 is 8.68 Å². The molecule has 0 aromatic carbocycles. The van der Waals surface area contributed by atoms with Crippen LogP contribution in [-0.4, -0.2) is 19.1 Å². The zero-order chi connectivity index (χ0) is 16.6. The summed E-state index contributed by atoms with van der Waals surface area (Å²) in [6.07, 6.45) is 5.24. The molecule has 5 heteroatoms. The molecule has 0 spiro atoms. The predicted molar refractivity (Wildman–Crippen MR) is 79.7 cm³/mol. The fourth-order valence-corrected chi connectivity index (χ4v) is 3.44. The third-order valence-electron chi connectivity index (χ3n) is 4.31. The Balaban J connectivity index is 2.05. The molecular formula is C16H14N5+. The molecule has 0 N–H and O–H groups in total. The first-order valence-electron chi connectivity index (χ1n) is 8.30. The van der Waals surface area contributed by atoms with Gasteiger partial charge in [0, 0.05) is 24.2 Å². The maximum atomic E-state index is 8.09. The van der Waals surface area contributed by atoms with Crippen LogP contribution in [0.5, 0.6) is 0 Å². The van der Waals surface area contributed by atoms with Gasteiger partial charge in [-0.1, -0.05) is 0 Å². The lowest BCUT2D eigenvalue weighted by Gasteiger charge is -1.97. The molecule has 0 aliphatic carbocycles. The number of aromatic nitrogens is 5. The average molecular weight is 279 g/mol. The Hall–Kier alpha value is -2.69. The van der Waals surface area contributed by atoms with Gasteiger partial charge in [0.15, 0.2) is 5.52 Å². The quantitative estimate of drug-likeness (QED) is 0.405. The van der Waals surface area contributed by atoms with Gasteiger partial charge in [0.25, 0.3) is 5.65 Å². The zero-order valence-corrected chi connectivity index (χ0v) is 11.4. The van der Waals surface area contributed by atoms with Gasteiger partial charge in [-0.2, -0.15) is 0 Å². The summed E-state index contributed by atoms with van der Waals surface area (Å²) in [5, 5.41) is 0.958. The number of hydrogen-bond acceptors (Lipinski definition) is 2. The molecule has 21 heavy (non-hydrogen) atoms. The van der Waals surface area contributed by atoms with E-state index in [-0.39, 0.29) is 0 Å². The molecule has 0 unspecified atom stereocenters. The Labute approximate surface area is 125 Å². The number of fused-ring (bicyclic) bond motifs is 7. The van der Waals surface area contributed by atoms with Gasteiger partial charge in [0.1, 0.15) is 0 Å². The molecule has 0 atom stereocenters. The van der Waals surface area contributed by atoms with E-state index in [0.717, 1.165) is 27.7 Å². The van der Waals surface area contributed by atoms with Crippen LogP contribution in [0.15, 0.2) is 36.8 Å². The van der Waals surface area contributed by atoms with Gasteiger partial charge in [0.2, 0.25) is 11.5 Å². The molecule has 0 amide bonds. The molecule has 5 rings (SSSR count). The van der Waals surface area contributed by atoms with Gasteiger partial charge < -0.3 is 0 Å². The first-order chi connectivity index (χ1) is 11.5. The second-order valence-corrected chi connectivity index (χ2v) is 5.38. The Bertz CT molecular complexity index is 1140.